The number of phenols is 1. The van der Waals surface area contributed by atoms with Gasteiger partial charge in [0, 0.05) is 47.2 Å². The van der Waals surface area contributed by atoms with E-state index in [0.29, 0.717) is 23.5 Å². The van der Waals surface area contributed by atoms with E-state index in [9.17, 15) is 9.90 Å². The number of hydrogen-bond acceptors (Lipinski definition) is 5. The number of Topliss-reactive ketones (excluding diaryl/α,β-unsaturated/α-hetero) is 1. The number of pyridine rings is 1. The predicted octanol–water partition coefficient (Wildman–Crippen LogP) is 5.19. The van der Waals surface area contributed by atoms with E-state index in [0.717, 1.165) is 16.9 Å². The number of anilines is 2. The minimum atomic E-state index is -0.0568. The smallest absolute Gasteiger partial charge is 0.139 e. The van der Waals surface area contributed by atoms with Crippen LogP contribution in [0.3, 0.4) is 0 Å². The minimum Gasteiger partial charge on any atom is -0.507 e. The highest BCUT2D eigenvalue weighted by atomic mass is 16.5. The summed E-state index contributed by atoms with van der Waals surface area (Å²) in [5, 5.41) is 13.8. The molecule has 0 unspecified atom stereocenters. The van der Waals surface area contributed by atoms with Crippen molar-refractivity contribution in [1.29, 1.82) is 0 Å². The maximum atomic E-state index is 12.0. The number of carbonyl (C=O) groups is 1. The summed E-state index contributed by atoms with van der Waals surface area (Å²) in [4.78, 5) is 16.0. The zero-order chi connectivity index (χ0) is 20.8. The van der Waals surface area contributed by atoms with Gasteiger partial charge in [-0.05, 0) is 42.8 Å². The molecule has 2 N–H and O–H groups in total. The molecule has 3 rings (SSSR count). The Morgan fingerprint density at radius 3 is 2.59 bits per heavy atom. The summed E-state index contributed by atoms with van der Waals surface area (Å²) in [6.07, 6.45) is 3.71. The molecule has 1 aromatic heterocycles. The van der Waals surface area contributed by atoms with Crippen molar-refractivity contribution in [2.75, 3.05) is 5.32 Å². The molecule has 3 aromatic rings. The molecule has 0 amide bonds. The van der Waals surface area contributed by atoms with E-state index in [1.165, 1.54) is 0 Å². The Kier molecular flexibility index (Phi) is 6.50. The molecular weight excluding hydrogens is 364 g/mol. The summed E-state index contributed by atoms with van der Waals surface area (Å²) in [6, 6.07) is 15.3. The number of nitrogens with zero attached hydrogens (tertiary/aromatic N) is 1. The number of rotatable bonds is 8. The van der Waals surface area contributed by atoms with E-state index in [1.54, 1.807) is 25.4 Å². The van der Waals surface area contributed by atoms with Crippen LogP contribution in [0.5, 0.6) is 11.5 Å². The van der Waals surface area contributed by atoms with Crippen molar-refractivity contribution in [3.63, 3.8) is 0 Å². The van der Waals surface area contributed by atoms with Crippen molar-refractivity contribution >= 4 is 17.2 Å². The van der Waals surface area contributed by atoms with Gasteiger partial charge in [0.2, 0.25) is 0 Å². The maximum absolute atomic E-state index is 12.0. The molecule has 5 heteroatoms. The quantitative estimate of drug-likeness (QED) is 0.554. The molecule has 0 saturated carbocycles. The van der Waals surface area contributed by atoms with Gasteiger partial charge in [0.15, 0.2) is 0 Å². The van der Waals surface area contributed by atoms with Crippen molar-refractivity contribution in [3.8, 4) is 11.5 Å². The molecule has 0 fully saturated rings. The Labute approximate surface area is 171 Å². The van der Waals surface area contributed by atoms with E-state index < -0.39 is 0 Å². The van der Waals surface area contributed by atoms with Crippen LogP contribution in [-0.4, -0.2) is 15.9 Å². The number of aromatic hydroxyl groups is 1. The van der Waals surface area contributed by atoms with Crippen LogP contribution in [0.15, 0.2) is 60.9 Å². The Bertz CT molecular complexity index is 985. The highest BCUT2D eigenvalue weighted by molar-refractivity contribution is 5.83. The first kappa shape index (κ1) is 20.4. The van der Waals surface area contributed by atoms with Crippen molar-refractivity contribution in [2.45, 2.75) is 33.8 Å². The summed E-state index contributed by atoms with van der Waals surface area (Å²) < 4.78 is 5.93. The number of phenolic OH excluding ortho intramolecular Hbond substituents is 1. The van der Waals surface area contributed by atoms with Crippen LogP contribution in [0.1, 0.15) is 30.5 Å². The van der Waals surface area contributed by atoms with Gasteiger partial charge < -0.3 is 15.2 Å². The number of hydrogen-bond donors (Lipinski definition) is 2. The van der Waals surface area contributed by atoms with Crippen LogP contribution in [0, 0.1) is 12.8 Å². The third kappa shape index (κ3) is 5.35. The van der Waals surface area contributed by atoms with Crippen molar-refractivity contribution in [1.82, 2.24) is 4.98 Å². The van der Waals surface area contributed by atoms with Crippen LogP contribution in [0.2, 0.25) is 0 Å². The molecule has 0 aliphatic heterocycles. The zero-order valence-electron chi connectivity index (χ0n) is 17.0. The van der Waals surface area contributed by atoms with E-state index in [4.69, 9.17) is 4.74 Å². The van der Waals surface area contributed by atoms with Crippen LogP contribution >= 0.6 is 0 Å². The Hall–Kier alpha value is -3.34. The molecule has 0 radical (unpaired) electrons. The number of aromatic nitrogens is 1. The van der Waals surface area contributed by atoms with Gasteiger partial charge >= 0.3 is 0 Å². The lowest BCUT2D eigenvalue weighted by atomic mass is 9.98. The summed E-state index contributed by atoms with van der Waals surface area (Å²) >= 11 is 0. The molecule has 0 spiro atoms. The number of ketones is 1. The summed E-state index contributed by atoms with van der Waals surface area (Å²) in [6.45, 7) is 5.90. The van der Waals surface area contributed by atoms with Gasteiger partial charge in [0.05, 0.1) is 0 Å². The molecule has 5 nitrogen and oxygen atoms in total. The van der Waals surface area contributed by atoms with E-state index in [2.05, 4.69) is 10.3 Å². The normalized spacial score (nSPS) is 10.8. The lowest BCUT2D eigenvalue weighted by Gasteiger charge is -2.14. The highest BCUT2D eigenvalue weighted by Gasteiger charge is 2.15. The van der Waals surface area contributed by atoms with Crippen molar-refractivity contribution < 1.29 is 14.6 Å². The summed E-state index contributed by atoms with van der Waals surface area (Å²) in [5.74, 6) is 0.783. The average Bonchev–Trinajstić information content (AvgIpc) is 2.72. The maximum Gasteiger partial charge on any atom is 0.139 e. The second-order valence-corrected chi connectivity index (χ2v) is 7.34. The second-order valence-electron chi connectivity index (χ2n) is 7.34. The first-order valence-corrected chi connectivity index (χ1v) is 9.67. The third-order valence-electron chi connectivity index (χ3n) is 4.76. The largest absolute Gasteiger partial charge is 0.507 e. The molecule has 0 aliphatic rings. The monoisotopic (exact) mass is 390 g/mol. The van der Waals surface area contributed by atoms with Gasteiger partial charge in [0.25, 0.3) is 0 Å². The van der Waals surface area contributed by atoms with Crippen LogP contribution in [0.25, 0.3) is 0 Å². The molecule has 0 atom stereocenters. The summed E-state index contributed by atoms with van der Waals surface area (Å²) in [7, 11) is 0. The number of carbonyl (C=O) groups excluding carboxylic acids is 1. The number of nitrogens with one attached hydrogen (secondary N) is 1. The molecule has 0 bridgehead atoms. The molecule has 2 aromatic carbocycles. The Morgan fingerprint density at radius 1 is 1.10 bits per heavy atom. The molecule has 29 heavy (non-hydrogen) atoms. The third-order valence-corrected chi connectivity index (χ3v) is 4.76. The molecule has 1 heterocycles. The zero-order valence-corrected chi connectivity index (χ0v) is 17.0. The van der Waals surface area contributed by atoms with E-state index >= 15 is 0 Å². The standard InChI is InChI=1S/C24H26N2O3/c1-16(2)22(27)14-19-7-8-23(17(3)24(19)28)29-15-18-5-4-6-21(13-18)26-20-9-11-25-12-10-20/h4-13,16,28H,14-15H2,1-3H3,(H,25,26). The van der Waals surface area contributed by atoms with Crippen LogP contribution < -0.4 is 10.1 Å². The molecule has 150 valence electrons. The van der Waals surface area contributed by atoms with E-state index in [1.807, 2.05) is 56.3 Å². The minimum absolute atomic E-state index is 0.0568. The first-order valence-electron chi connectivity index (χ1n) is 9.67. The van der Waals surface area contributed by atoms with Gasteiger partial charge in [-0.3, -0.25) is 9.78 Å². The topological polar surface area (TPSA) is 71.5 Å². The Morgan fingerprint density at radius 2 is 1.86 bits per heavy atom. The second kappa shape index (κ2) is 9.24. The SMILES string of the molecule is Cc1c(OCc2cccc(Nc3ccncc3)c2)ccc(CC(=O)C(C)C)c1O. The van der Waals surface area contributed by atoms with Gasteiger partial charge in [-0.1, -0.05) is 32.0 Å². The van der Waals surface area contributed by atoms with Crippen molar-refractivity contribution in [3.05, 3.63) is 77.6 Å². The van der Waals surface area contributed by atoms with Crippen LogP contribution in [0.4, 0.5) is 11.4 Å². The van der Waals surface area contributed by atoms with E-state index in [-0.39, 0.29) is 23.9 Å². The highest BCUT2D eigenvalue weighted by Crippen LogP contribution is 2.32. The molecule has 0 saturated heterocycles. The fourth-order valence-electron chi connectivity index (χ4n) is 2.93. The van der Waals surface area contributed by atoms with Gasteiger partial charge in [-0.2, -0.15) is 0 Å². The van der Waals surface area contributed by atoms with Gasteiger partial charge in [0.1, 0.15) is 23.9 Å². The van der Waals surface area contributed by atoms with Gasteiger partial charge in [-0.15, -0.1) is 0 Å². The number of benzene rings is 2. The van der Waals surface area contributed by atoms with Crippen molar-refractivity contribution in [2.24, 2.45) is 5.92 Å². The average molecular weight is 390 g/mol. The molecule has 0 aliphatic carbocycles. The lowest BCUT2D eigenvalue weighted by molar-refractivity contribution is -0.121. The Balaban J connectivity index is 1.67. The first-order chi connectivity index (χ1) is 13.9. The fourth-order valence-corrected chi connectivity index (χ4v) is 2.93. The summed E-state index contributed by atoms with van der Waals surface area (Å²) in [5.41, 5.74) is 4.20. The van der Waals surface area contributed by atoms with Crippen LogP contribution in [-0.2, 0) is 17.8 Å². The number of ether oxygens (including phenoxy) is 1. The lowest BCUT2D eigenvalue weighted by Crippen LogP contribution is -2.10. The molecular formula is C24H26N2O3. The fraction of sp³-hybridized carbons (Fsp3) is 0.250. The predicted molar refractivity (Wildman–Crippen MR) is 115 cm³/mol. The van der Waals surface area contributed by atoms with Gasteiger partial charge in [-0.25, -0.2) is 0 Å².